The molecule has 1 aromatic rings. The molecule has 0 heterocycles. The van der Waals surface area contributed by atoms with Crippen molar-refractivity contribution >= 4 is 23.0 Å². The molecule has 0 bridgehead atoms. The molecule has 3 heteroatoms. The Bertz CT molecular complexity index is 430. The summed E-state index contributed by atoms with van der Waals surface area (Å²) in [7, 11) is 0. The lowest BCUT2D eigenvalue weighted by atomic mass is 9.74. The third kappa shape index (κ3) is 4.20. The summed E-state index contributed by atoms with van der Waals surface area (Å²) in [6, 6.07) is 10.6. The Morgan fingerprint density at radius 2 is 1.90 bits per heavy atom. The molecule has 0 radical (unpaired) electrons. The zero-order chi connectivity index (χ0) is 14.5. The van der Waals surface area contributed by atoms with Crippen LogP contribution in [0.15, 0.2) is 30.3 Å². The van der Waals surface area contributed by atoms with E-state index in [1.54, 1.807) is 0 Å². The molecule has 0 spiro atoms. The Labute approximate surface area is 128 Å². The standard InChI is InChI=1S/C17H26N2S/c1-12(2)15-10-9-13(3)11-16(15)19-17(20)18-14-7-5-4-6-8-14/h4-8,12-13,15-16H,9-11H2,1-3H3,(H2,18,19,20)/t13-,15-,16+/m0/s1. The van der Waals surface area contributed by atoms with Gasteiger partial charge in [0.25, 0.3) is 0 Å². The van der Waals surface area contributed by atoms with Gasteiger partial charge in [-0.1, -0.05) is 45.4 Å². The molecule has 0 amide bonds. The highest BCUT2D eigenvalue weighted by molar-refractivity contribution is 7.80. The van der Waals surface area contributed by atoms with Crippen LogP contribution in [0.4, 0.5) is 5.69 Å². The van der Waals surface area contributed by atoms with E-state index in [2.05, 4.69) is 31.4 Å². The first-order valence-corrected chi connectivity index (χ1v) is 8.09. The van der Waals surface area contributed by atoms with E-state index in [-0.39, 0.29) is 0 Å². The van der Waals surface area contributed by atoms with Crippen LogP contribution in [0.2, 0.25) is 0 Å². The molecule has 110 valence electrons. The number of benzene rings is 1. The van der Waals surface area contributed by atoms with Gasteiger partial charge in [0, 0.05) is 11.7 Å². The molecule has 0 aromatic heterocycles. The summed E-state index contributed by atoms with van der Waals surface area (Å²) < 4.78 is 0. The first-order valence-electron chi connectivity index (χ1n) is 7.69. The molecule has 0 saturated heterocycles. The van der Waals surface area contributed by atoms with Gasteiger partial charge in [0.1, 0.15) is 0 Å². The molecule has 1 fully saturated rings. The van der Waals surface area contributed by atoms with Gasteiger partial charge < -0.3 is 10.6 Å². The predicted octanol–water partition coefficient (Wildman–Crippen LogP) is 4.43. The lowest BCUT2D eigenvalue weighted by Crippen LogP contribution is -2.47. The lowest BCUT2D eigenvalue weighted by Gasteiger charge is -2.38. The number of anilines is 1. The number of para-hydroxylation sites is 1. The van der Waals surface area contributed by atoms with E-state index in [0.29, 0.717) is 12.0 Å². The molecule has 2 nitrogen and oxygen atoms in total. The number of hydrogen-bond acceptors (Lipinski definition) is 1. The van der Waals surface area contributed by atoms with Crippen molar-refractivity contribution in [1.29, 1.82) is 0 Å². The van der Waals surface area contributed by atoms with Crippen LogP contribution < -0.4 is 10.6 Å². The summed E-state index contributed by atoms with van der Waals surface area (Å²) in [6.45, 7) is 6.99. The minimum absolute atomic E-state index is 0.502. The van der Waals surface area contributed by atoms with E-state index in [1.165, 1.54) is 19.3 Å². The average Bonchev–Trinajstić information content (AvgIpc) is 2.39. The first kappa shape index (κ1) is 15.3. The van der Waals surface area contributed by atoms with E-state index < -0.39 is 0 Å². The van der Waals surface area contributed by atoms with E-state index in [1.807, 2.05) is 30.3 Å². The second-order valence-electron chi connectivity index (χ2n) is 6.40. The molecule has 20 heavy (non-hydrogen) atoms. The zero-order valence-electron chi connectivity index (χ0n) is 12.7. The SMILES string of the molecule is CC(C)[C@@H]1CC[C@H](C)C[C@H]1NC(=S)Nc1ccccc1. The summed E-state index contributed by atoms with van der Waals surface area (Å²) in [5, 5.41) is 7.58. The molecule has 1 aliphatic rings. The Hall–Kier alpha value is -1.09. The molecule has 1 aliphatic carbocycles. The number of thiocarbonyl (C=S) groups is 1. The maximum absolute atomic E-state index is 5.47. The Morgan fingerprint density at radius 3 is 2.55 bits per heavy atom. The molecular formula is C17H26N2S. The van der Waals surface area contributed by atoms with Crippen molar-refractivity contribution in [3.63, 3.8) is 0 Å². The quantitative estimate of drug-likeness (QED) is 0.805. The highest BCUT2D eigenvalue weighted by atomic mass is 32.1. The molecule has 1 aromatic carbocycles. The first-order chi connectivity index (χ1) is 9.56. The van der Waals surface area contributed by atoms with E-state index in [0.717, 1.165) is 22.6 Å². The van der Waals surface area contributed by atoms with Crippen molar-refractivity contribution in [2.45, 2.75) is 46.1 Å². The zero-order valence-corrected chi connectivity index (χ0v) is 13.5. The molecule has 1 saturated carbocycles. The summed E-state index contributed by atoms with van der Waals surface area (Å²) in [4.78, 5) is 0. The molecule has 0 unspecified atom stereocenters. The van der Waals surface area contributed by atoms with Crippen LogP contribution in [-0.4, -0.2) is 11.2 Å². The van der Waals surface area contributed by atoms with Gasteiger partial charge in [-0.25, -0.2) is 0 Å². The highest BCUT2D eigenvalue weighted by Gasteiger charge is 2.30. The molecule has 0 aliphatic heterocycles. The van der Waals surface area contributed by atoms with Gasteiger partial charge in [-0.05, 0) is 54.9 Å². The monoisotopic (exact) mass is 290 g/mol. The van der Waals surface area contributed by atoms with Gasteiger partial charge in [-0.15, -0.1) is 0 Å². The minimum atomic E-state index is 0.502. The van der Waals surface area contributed by atoms with Crippen LogP contribution in [0.25, 0.3) is 0 Å². The van der Waals surface area contributed by atoms with Crippen molar-refractivity contribution in [3.05, 3.63) is 30.3 Å². The predicted molar refractivity (Wildman–Crippen MR) is 90.9 cm³/mol. The van der Waals surface area contributed by atoms with Gasteiger partial charge in [-0.2, -0.15) is 0 Å². The largest absolute Gasteiger partial charge is 0.359 e. The van der Waals surface area contributed by atoms with E-state index in [9.17, 15) is 0 Å². The Kier molecular flexibility index (Phi) is 5.41. The lowest BCUT2D eigenvalue weighted by molar-refractivity contribution is 0.186. The fourth-order valence-corrected chi connectivity index (χ4v) is 3.49. The Morgan fingerprint density at radius 1 is 1.20 bits per heavy atom. The molecule has 3 atom stereocenters. The fraction of sp³-hybridized carbons (Fsp3) is 0.588. The van der Waals surface area contributed by atoms with Gasteiger partial charge in [0.15, 0.2) is 5.11 Å². The summed E-state index contributed by atoms with van der Waals surface area (Å²) in [5.41, 5.74) is 1.05. The normalized spacial score (nSPS) is 26.3. The van der Waals surface area contributed by atoms with E-state index in [4.69, 9.17) is 12.2 Å². The summed E-state index contributed by atoms with van der Waals surface area (Å²) in [6.07, 6.45) is 3.88. The van der Waals surface area contributed by atoms with Crippen molar-refractivity contribution in [2.24, 2.45) is 17.8 Å². The summed E-state index contributed by atoms with van der Waals surface area (Å²) in [5.74, 6) is 2.23. The molecule has 2 N–H and O–H groups in total. The third-order valence-electron chi connectivity index (χ3n) is 4.37. The van der Waals surface area contributed by atoms with Crippen LogP contribution in [0.3, 0.4) is 0 Å². The second-order valence-corrected chi connectivity index (χ2v) is 6.81. The van der Waals surface area contributed by atoms with E-state index >= 15 is 0 Å². The maximum atomic E-state index is 5.47. The average molecular weight is 290 g/mol. The van der Waals surface area contributed by atoms with Gasteiger partial charge in [0.05, 0.1) is 0 Å². The maximum Gasteiger partial charge on any atom is 0.171 e. The van der Waals surface area contributed by atoms with Gasteiger partial charge in [0.2, 0.25) is 0 Å². The van der Waals surface area contributed by atoms with Gasteiger partial charge >= 0.3 is 0 Å². The second kappa shape index (κ2) is 7.07. The highest BCUT2D eigenvalue weighted by Crippen LogP contribution is 2.33. The molecular weight excluding hydrogens is 264 g/mol. The minimum Gasteiger partial charge on any atom is -0.359 e. The number of nitrogens with one attached hydrogen (secondary N) is 2. The smallest absolute Gasteiger partial charge is 0.171 e. The third-order valence-corrected chi connectivity index (χ3v) is 4.59. The molecule has 2 rings (SSSR count). The number of hydrogen-bond donors (Lipinski definition) is 2. The number of rotatable bonds is 3. The fourth-order valence-electron chi connectivity index (χ4n) is 3.23. The summed E-state index contributed by atoms with van der Waals surface area (Å²) >= 11 is 5.47. The van der Waals surface area contributed by atoms with Crippen LogP contribution in [0, 0.1) is 17.8 Å². The van der Waals surface area contributed by atoms with Crippen molar-refractivity contribution in [3.8, 4) is 0 Å². The van der Waals surface area contributed by atoms with Crippen LogP contribution in [0.5, 0.6) is 0 Å². The van der Waals surface area contributed by atoms with Crippen LogP contribution >= 0.6 is 12.2 Å². The van der Waals surface area contributed by atoms with Gasteiger partial charge in [-0.3, -0.25) is 0 Å². The Balaban J connectivity index is 1.94. The van der Waals surface area contributed by atoms with Crippen molar-refractivity contribution in [2.75, 3.05) is 5.32 Å². The van der Waals surface area contributed by atoms with Crippen molar-refractivity contribution < 1.29 is 0 Å². The van der Waals surface area contributed by atoms with Crippen LogP contribution in [0.1, 0.15) is 40.0 Å². The van der Waals surface area contributed by atoms with Crippen molar-refractivity contribution in [1.82, 2.24) is 5.32 Å². The van der Waals surface area contributed by atoms with Crippen LogP contribution in [-0.2, 0) is 0 Å². The topological polar surface area (TPSA) is 24.1 Å².